The molecule has 1 aromatic carbocycles. The second kappa shape index (κ2) is 12.9. The Morgan fingerprint density at radius 1 is 1.36 bits per heavy atom. The molecule has 1 aromatic rings. The van der Waals surface area contributed by atoms with Crippen molar-refractivity contribution in [1.82, 2.24) is 10.6 Å². The number of nitrogens with one attached hydrogen (secondary N) is 2. The number of halogens is 2. The Morgan fingerprint density at radius 2 is 2.09 bits per heavy atom. The summed E-state index contributed by atoms with van der Waals surface area (Å²) in [6.07, 6.45) is 0.182. The van der Waals surface area contributed by atoms with Gasteiger partial charge in [0.25, 0.3) is 0 Å². The first kappa shape index (κ1) is 21.4. The van der Waals surface area contributed by atoms with Gasteiger partial charge in [0.05, 0.1) is 6.54 Å². The van der Waals surface area contributed by atoms with E-state index in [1.165, 1.54) is 0 Å². The summed E-state index contributed by atoms with van der Waals surface area (Å²) in [5, 5.41) is 17.0. The number of aliphatic imine (C=N–C) groups is 1. The van der Waals surface area contributed by atoms with Crippen LogP contribution in [-0.4, -0.2) is 44.4 Å². The van der Waals surface area contributed by atoms with Crippen molar-refractivity contribution in [3.63, 3.8) is 0 Å². The van der Waals surface area contributed by atoms with Gasteiger partial charge in [-0.1, -0.05) is 29.8 Å². The number of aliphatic hydroxyl groups is 1. The summed E-state index contributed by atoms with van der Waals surface area (Å²) in [5.74, 6) is 0.680. The molecule has 0 saturated carbocycles. The number of benzene rings is 1. The third-order valence-corrected chi connectivity index (χ3v) is 3.19. The Morgan fingerprint density at radius 3 is 2.73 bits per heavy atom. The fraction of sp³-hybridized carbons (Fsp3) is 0.533. The van der Waals surface area contributed by atoms with Gasteiger partial charge in [-0.3, -0.25) is 4.99 Å². The average molecular weight is 442 g/mol. The van der Waals surface area contributed by atoms with Crippen LogP contribution < -0.4 is 10.6 Å². The van der Waals surface area contributed by atoms with Crippen molar-refractivity contribution in [2.45, 2.75) is 19.4 Å². The van der Waals surface area contributed by atoms with Crippen LogP contribution >= 0.6 is 35.6 Å². The Balaban J connectivity index is 0.00000441. The van der Waals surface area contributed by atoms with Crippen LogP contribution in [0.25, 0.3) is 0 Å². The lowest BCUT2D eigenvalue weighted by Crippen LogP contribution is -2.38. The summed E-state index contributed by atoms with van der Waals surface area (Å²) >= 11 is 6.06. The van der Waals surface area contributed by atoms with E-state index in [1.807, 2.05) is 25.1 Å². The van der Waals surface area contributed by atoms with Gasteiger partial charge in [0.1, 0.15) is 6.10 Å². The van der Waals surface area contributed by atoms with Crippen LogP contribution in [0.15, 0.2) is 29.3 Å². The van der Waals surface area contributed by atoms with E-state index in [2.05, 4.69) is 15.6 Å². The second-order valence-electron chi connectivity index (χ2n) is 4.53. The molecule has 0 aliphatic heterocycles. The summed E-state index contributed by atoms with van der Waals surface area (Å²) < 4.78 is 5.00. The highest BCUT2D eigenvalue weighted by Crippen LogP contribution is 2.22. The molecule has 0 amide bonds. The number of hydrogen-bond acceptors (Lipinski definition) is 3. The monoisotopic (exact) mass is 441 g/mol. The predicted octanol–water partition coefficient (Wildman–Crippen LogP) is 2.58. The topological polar surface area (TPSA) is 65.9 Å². The summed E-state index contributed by atoms with van der Waals surface area (Å²) in [6.45, 7) is 4.48. The summed E-state index contributed by atoms with van der Waals surface area (Å²) in [7, 11) is 1.68. The molecule has 0 saturated heterocycles. The summed E-state index contributed by atoms with van der Waals surface area (Å²) in [6, 6.07) is 7.26. The molecular formula is C15H25ClIN3O2. The third-order valence-electron chi connectivity index (χ3n) is 2.85. The minimum atomic E-state index is -0.715. The first-order valence-corrected chi connectivity index (χ1v) is 7.50. The number of methoxy groups -OCH3 is 1. The SMILES string of the molecule is CCNC(=NCC(O)c1ccccc1Cl)NCCCOC.I. The van der Waals surface area contributed by atoms with Crippen LogP contribution in [0.2, 0.25) is 5.02 Å². The molecule has 7 heteroatoms. The maximum atomic E-state index is 10.2. The molecule has 0 heterocycles. The molecule has 3 N–H and O–H groups in total. The molecule has 0 aromatic heterocycles. The molecule has 1 atom stereocenters. The molecule has 22 heavy (non-hydrogen) atoms. The van der Waals surface area contributed by atoms with Gasteiger partial charge in [0.15, 0.2) is 5.96 Å². The lowest BCUT2D eigenvalue weighted by molar-refractivity contribution is 0.187. The van der Waals surface area contributed by atoms with Crippen LogP contribution in [0.4, 0.5) is 0 Å². The van der Waals surface area contributed by atoms with Gasteiger partial charge in [-0.05, 0) is 19.4 Å². The smallest absolute Gasteiger partial charge is 0.191 e. The molecule has 5 nitrogen and oxygen atoms in total. The van der Waals surface area contributed by atoms with E-state index in [9.17, 15) is 5.11 Å². The van der Waals surface area contributed by atoms with E-state index in [4.69, 9.17) is 16.3 Å². The zero-order valence-electron chi connectivity index (χ0n) is 13.0. The van der Waals surface area contributed by atoms with E-state index < -0.39 is 6.10 Å². The summed E-state index contributed by atoms with van der Waals surface area (Å²) in [5.41, 5.74) is 0.693. The van der Waals surface area contributed by atoms with Crippen LogP contribution in [0.3, 0.4) is 0 Å². The highest BCUT2D eigenvalue weighted by Gasteiger charge is 2.10. The largest absolute Gasteiger partial charge is 0.386 e. The number of rotatable bonds is 8. The van der Waals surface area contributed by atoms with Gasteiger partial charge in [-0.25, -0.2) is 0 Å². The lowest BCUT2D eigenvalue weighted by Gasteiger charge is -2.14. The Bertz CT molecular complexity index is 447. The molecule has 0 aliphatic carbocycles. The molecule has 0 aliphatic rings. The second-order valence-corrected chi connectivity index (χ2v) is 4.94. The molecule has 1 unspecified atom stereocenters. The molecule has 0 fully saturated rings. The Kier molecular flexibility index (Phi) is 12.6. The molecular weight excluding hydrogens is 417 g/mol. The van der Waals surface area contributed by atoms with Crippen molar-refractivity contribution < 1.29 is 9.84 Å². The predicted molar refractivity (Wildman–Crippen MR) is 102 cm³/mol. The van der Waals surface area contributed by atoms with Crippen molar-refractivity contribution >= 4 is 41.5 Å². The standard InChI is InChI=1S/C15H24ClN3O2.HI/c1-3-17-15(18-9-6-10-21-2)19-11-14(20)12-7-4-5-8-13(12)16;/h4-5,7-8,14,20H,3,6,9-11H2,1-2H3,(H2,17,18,19);1H. The minimum absolute atomic E-state index is 0. The molecule has 126 valence electrons. The van der Waals surface area contributed by atoms with Crippen molar-refractivity contribution in [3.8, 4) is 0 Å². The maximum Gasteiger partial charge on any atom is 0.191 e. The molecule has 0 radical (unpaired) electrons. The van der Waals surface area contributed by atoms with Crippen molar-refractivity contribution in [1.29, 1.82) is 0 Å². The van der Waals surface area contributed by atoms with E-state index in [0.717, 1.165) is 19.5 Å². The average Bonchev–Trinajstić information content (AvgIpc) is 2.49. The normalized spacial score (nSPS) is 12.5. The van der Waals surface area contributed by atoms with Gasteiger partial charge in [-0.15, -0.1) is 24.0 Å². The number of aliphatic hydroxyl groups excluding tert-OH is 1. The van der Waals surface area contributed by atoms with Crippen molar-refractivity contribution in [3.05, 3.63) is 34.9 Å². The number of guanidine groups is 1. The summed E-state index contributed by atoms with van der Waals surface area (Å²) in [4.78, 5) is 4.37. The van der Waals surface area contributed by atoms with E-state index in [0.29, 0.717) is 23.2 Å². The highest BCUT2D eigenvalue weighted by molar-refractivity contribution is 14.0. The fourth-order valence-corrected chi connectivity index (χ4v) is 2.05. The number of hydrogen-bond donors (Lipinski definition) is 3. The first-order valence-electron chi connectivity index (χ1n) is 7.12. The van der Waals surface area contributed by atoms with E-state index in [1.54, 1.807) is 13.2 Å². The zero-order valence-corrected chi connectivity index (χ0v) is 16.1. The van der Waals surface area contributed by atoms with Gasteiger partial charge in [0, 0.05) is 37.4 Å². The number of ether oxygens (including phenoxy) is 1. The Hall–Kier alpha value is -0.570. The number of nitrogens with zero attached hydrogens (tertiary/aromatic N) is 1. The highest BCUT2D eigenvalue weighted by atomic mass is 127. The molecule has 1 rings (SSSR count). The van der Waals surface area contributed by atoms with Crippen LogP contribution in [0.5, 0.6) is 0 Å². The molecule has 0 spiro atoms. The molecule has 0 bridgehead atoms. The zero-order chi connectivity index (χ0) is 15.5. The van der Waals surface area contributed by atoms with Gasteiger partial charge in [-0.2, -0.15) is 0 Å². The first-order chi connectivity index (χ1) is 10.2. The van der Waals surface area contributed by atoms with E-state index >= 15 is 0 Å². The van der Waals surface area contributed by atoms with Gasteiger partial charge in [0.2, 0.25) is 0 Å². The fourth-order valence-electron chi connectivity index (χ4n) is 1.79. The lowest BCUT2D eigenvalue weighted by atomic mass is 10.1. The van der Waals surface area contributed by atoms with Crippen LogP contribution in [-0.2, 0) is 4.74 Å². The van der Waals surface area contributed by atoms with Crippen LogP contribution in [0, 0.1) is 0 Å². The minimum Gasteiger partial charge on any atom is -0.386 e. The van der Waals surface area contributed by atoms with Crippen molar-refractivity contribution in [2.24, 2.45) is 4.99 Å². The van der Waals surface area contributed by atoms with E-state index in [-0.39, 0.29) is 30.5 Å². The van der Waals surface area contributed by atoms with Gasteiger partial charge >= 0.3 is 0 Å². The van der Waals surface area contributed by atoms with Crippen LogP contribution in [0.1, 0.15) is 25.0 Å². The van der Waals surface area contributed by atoms with Crippen molar-refractivity contribution in [2.75, 3.05) is 33.4 Å². The maximum absolute atomic E-state index is 10.2. The quantitative estimate of drug-likeness (QED) is 0.251. The Labute approximate surface area is 154 Å². The third kappa shape index (κ3) is 8.17. The van der Waals surface area contributed by atoms with Gasteiger partial charge < -0.3 is 20.5 Å².